The second-order valence-electron chi connectivity index (χ2n) is 5.64. The monoisotopic (exact) mass is 339 g/mol. The molecule has 1 aliphatic heterocycles. The quantitative estimate of drug-likeness (QED) is 0.836. The summed E-state index contributed by atoms with van der Waals surface area (Å²) in [6, 6.07) is 0. The van der Waals surface area contributed by atoms with E-state index in [1.54, 1.807) is 0 Å². The van der Waals surface area contributed by atoms with Gasteiger partial charge in [-0.3, -0.25) is 9.58 Å². The summed E-state index contributed by atoms with van der Waals surface area (Å²) in [5, 5.41) is 8.26. The lowest BCUT2D eigenvalue weighted by Gasteiger charge is -2.38. The summed E-state index contributed by atoms with van der Waals surface area (Å²) in [6.45, 7) is 7.95. The van der Waals surface area contributed by atoms with Gasteiger partial charge in [0, 0.05) is 37.7 Å². The van der Waals surface area contributed by atoms with Crippen molar-refractivity contribution in [3.8, 4) is 0 Å². The molecule has 0 amide bonds. The highest BCUT2D eigenvalue weighted by Gasteiger charge is 2.28. The Morgan fingerprint density at radius 2 is 2.25 bits per heavy atom. The van der Waals surface area contributed by atoms with Gasteiger partial charge in [-0.15, -0.1) is 0 Å². The molecule has 6 nitrogen and oxygen atoms in total. The van der Waals surface area contributed by atoms with E-state index in [0.29, 0.717) is 17.7 Å². The summed E-state index contributed by atoms with van der Waals surface area (Å²) in [6.07, 6.45) is 3.83. The van der Waals surface area contributed by atoms with Crippen LogP contribution in [0.3, 0.4) is 0 Å². The van der Waals surface area contributed by atoms with E-state index >= 15 is 0 Å². The molecule has 1 fully saturated rings. The van der Waals surface area contributed by atoms with Crippen LogP contribution < -0.4 is 0 Å². The average molecular weight is 340 g/mol. The number of hydrogen-bond acceptors (Lipinski definition) is 5. The maximum absolute atomic E-state index is 5.26. The van der Waals surface area contributed by atoms with Gasteiger partial charge in [0.05, 0.1) is 17.2 Å². The van der Waals surface area contributed by atoms with Gasteiger partial charge < -0.3 is 4.52 Å². The van der Waals surface area contributed by atoms with Gasteiger partial charge in [0.2, 0.25) is 5.89 Å². The van der Waals surface area contributed by atoms with Crippen molar-refractivity contribution in [2.45, 2.75) is 32.9 Å². The van der Waals surface area contributed by atoms with Crippen LogP contribution in [0, 0.1) is 5.92 Å². The van der Waals surface area contributed by atoms with E-state index < -0.39 is 0 Å². The summed E-state index contributed by atoms with van der Waals surface area (Å²) in [7, 11) is 0. The topological polar surface area (TPSA) is 60.0 Å². The summed E-state index contributed by atoms with van der Waals surface area (Å²) < 4.78 is 8.27. The molecule has 1 saturated heterocycles. The molecule has 0 spiro atoms. The van der Waals surface area contributed by atoms with Crippen LogP contribution in [0.2, 0.25) is 0 Å². The second kappa shape index (κ2) is 5.65. The zero-order valence-electron chi connectivity index (χ0n) is 11.7. The van der Waals surface area contributed by atoms with Crippen molar-refractivity contribution in [3.63, 3.8) is 0 Å². The summed E-state index contributed by atoms with van der Waals surface area (Å²) in [5.74, 6) is 2.47. The Morgan fingerprint density at radius 1 is 1.45 bits per heavy atom. The molecule has 7 heteroatoms. The van der Waals surface area contributed by atoms with E-state index in [4.69, 9.17) is 4.52 Å². The van der Waals surface area contributed by atoms with E-state index in [1.807, 2.05) is 17.1 Å². The van der Waals surface area contributed by atoms with E-state index in [0.717, 1.165) is 36.5 Å². The third-order valence-electron chi connectivity index (χ3n) is 3.44. The summed E-state index contributed by atoms with van der Waals surface area (Å²) in [5.41, 5.74) is 0. The van der Waals surface area contributed by atoms with Crippen LogP contribution in [-0.2, 0) is 13.1 Å². The third kappa shape index (κ3) is 3.09. The van der Waals surface area contributed by atoms with Crippen LogP contribution in [0.25, 0.3) is 0 Å². The Morgan fingerprint density at radius 3 is 2.85 bits per heavy atom. The van der Waals surface area contributed by atoms with Crippen LogP contribution in [0.5, 0.6) is 0 Å². The van der Waals surface area contributed by atoms with Crippen LogP contribution in [0.15, 0.2) is 21.4 Å². The highest BCUT2D eigenvalue weighted by atomic mass is 79.9. The zero-order chi connectivity index (χ0) is 14.1. The molecule has 0 bridgehead atoms. The fraction of sp³-hybridized carbons (Fsp3) is 0.615. The van der Waals surface area contributed by atoms with Crippen molar-refractivity contribution in [3.05, 3.63) is 28.6 Å². The molecule has 2 aromatic heterocycles. The minimum Gasteiger partial charge on any atom is -0.338 e. The molecule has 0 atom stereocenters. The molecule has 20 heavy (non-hydrogen) atoms. The first-order valence-electron chi connectivity index (χ1n) is 6.83. The van der Waals surface area contributed by atoms with Crippen LogP contribution in [0.4, 0.5) is 0 Å². The maximum atomic E-state index is 5.26. The van der Waals surface area contributed by atoms with E-state index in [1.165, 1.54) is 0 Å². The fourth-order valence-electron chi connectivity index (χ4n) is 2.38. The molecular formula is C13H18BrN5O. The van der Waals surface area contributed by atoms with Crippen molar-refractivity contribution in [2.75, 3.05) is 13.1 Å². The fourth-order valence-corrected chi connectivity index (χ4v) is 2.71. The molecule has 3 rings (SSSR count). The van der Waals surface area contributed by atoms with E-state index in [9.17, 15) is 0 Å². The minimum atomic E-state index is 0.315. The Kier molecular flexibility index (Phi) is 3.89. The first-order chi connectivity index (χ1) is 9.60. The number of nitrogens with zero attached hydrogens (tertiary/aromatic N) is 5. The van der Waals surface area contributed by atoms with E-state index in [-0.39, 0.29) is 0 Å². The molecule has 1 aliphatic rings. The van der Waals surface area contributed by atoms with Gasteiger partial charge >= 0.3 is 0 Å². The van der Waals surface area contributed by atoms with E-state index in [2.05, 4.69) is 49.9 Å². The van der Waals surface area contributed by atoms with Gasteiger partial charge in [-0.05, 0) is 15.9 Å². The Hall–Kier alpha value is -1.21. The van der Waals surface area contributed by atoms with Crippen molar-refractivity contribution < 1.29 is 4.52 Å². The molecule has 0 unspecified atom stereocenters. The minimum absolute atomic E-state index is 0.315. The SMILES string of the molecule is CC(C)c1noc(CN2CC(Cn3cc(Br)cn3)C2)n1. The van der Waals surface area contributed by atoms with Crippen LogP contribution >= 0.6 is 15.9 Å². The molecule has 0 aliphatic carbocycles. The highest BCUT2D eigenvalue weighted by molar-refractivity contribution is 9.10. The predicted octanol–water partition coefficient (Wildman–Crippen LogP) is 2.28. The maximum Gasteiger partial charge on any atom is 0.240 e. The van der Waals surface area contributed by atoms with Crippen molar-refractivity contribution in [1.29, 1.82) is 0 Å². The Bertz CT molecular complexity index is 573. The molecule has 0 N–H and O–H groups in total. The number of likely N-dealkylation sites (tertiary alicyclic amines) is 1. The smallest absolute Gasteiger partial charge is 0.240 e. The molecule has 2 aromatic rings. The van der Waals surface area contributed by atoms with Gasteiger partial charge in [0.1, 0.15) is 0 Å². The van der Waals surface area contributed by atoms with Crippen molar-refractivity contribution >= 4 is 15.9 Å². The molecule has 0 radical (unpaired) electrons. The lowest BCUT2D eigenvalue weighted by molar-refractivity contribution is 0.0668. The first-order valence-corrected chi connectivity index (χ1v) is 7.62. The van der Waals surface area contributed by atoms with Crippen LogP contribution in [0.1, 0.15) is 31.5 Å². The van der Waals surface area contributed by atoms with Gasteiger partial charge in [-0.25, -0.2) is 0 Å². The Labute approximate surface area is 126 Å². The largest absolute Gasteiger partial charge is 0.338 e. The summed E-state index contributed by atoms with van der Waals surface area (Å²) in [4.78, 5) is 6.72. The van der Waals surface area contributed by atoms with Gasteiger partial charge in [-0.2, -0.15) is 10.1 Å². The Balaban J connectivity index is 1.45. The lowest BCUT2D eigenvalue weighted by Crippen LogP contribution is -2.47. The molecular weight excluding hydrogens is 322 g/mol. The molecule has 3 heterocycles. The lowest BCUT2D eigenvalue weighted by atomic mass is 10.0. The van der Waals surface area contributed by atoms with Gasteiger partial charge in [0.25, 0.3) is 0 Å². The molecule has 108 valence electrons. The number of rotatable bonds is 5. The molecule has 0 saturated carbocycles. The van der Waals surface area contributed by atoms with Gasteiger partial charge in [-0.1, -0.05) is 19.0 Å². The van der Waals surface area contributed by atoms with Crippen molar-refractivity contribution in [1.82, 2.24) is 24.8 Å². The standard InChI is InChI=1S/C13H18BrN5O/c1-9(2)13-16-12(20-17-13)8-18-4-10(5-18)6-19-7-11(14)3-15-19/h3,7,9-10H,4-6,8H2,1-2H3. The second-order valence-corrected chi connectivity index (χ2v) is 6.56. The van der Waals surface area contributed by atoms with Crippen LogP contribution in [-0.4, -0.2) is 37.9 Å². The van der Waals surface area contributed by atoms with Crippen molar-refractivity contribution in [2.24, 2.45) is 5.92 Å². The molecule has 0 aromatic carbocycles. The third-order valence-corrected chi connectivity index (χ3v) is 3.85. The number of hydrogen-bond donors (Lipinski definition) is 0. The first kappa shape index (κ1) is 13.8. The highest BCUT2D eigenvalue weighted by Crippen LogP contribution is 2.21. The average Bonchev–Trinajstić information content (AvgIpc) is 2.96. The predicted molar refractivity (Wildman–Crippen MR) is 77.1 cm³/mol. The number of aromatic nitrogens is 4. The number of halogens is 1. The zero-order valence-corrected chi connectivity index (χ0v) is 13.2. The normalized spacial score (nSPS) is 16.8. The van der Waals surface area contributed by atoms with Gasteiger partial charge in [0.15, 0.2) is 5.82 Å². The summed E-state index contributed by atoms with van der Waals surface area (Å²) >= 11 is 3.41.